The lowest BCUT2D eigenvalue weighted by Gasteiger charge is -2.00. The van der Waals surface area contributed by atoms with E-state index >= 15 is 0 Å². The molecule has 23 heavy (non-hydrogen) atoms. The van der Waals surface area contributed by atoms with E-state index in [1.165, 1.54) is 12.5 Å². The third kappa shape index (κ3) is 5.11. The largest absolute Gasteiger partial charge is 0.395 e. The quantitative estimate of drug-likeness (QED) is 0.209. The molecule has 0 atom stereocenters. The Kier molecular flexibility index (Phi) is 6.13. The molecule has 0 spiro atoms. The summed E-state index contributed by atoms with van der Waals surface area (Å²) < 4.78 is 2.90. The van der Waals surface area contributed by atoms with Crippen LogP contribution in [0.3, 0.4) is 0 Å². The summed E-state index contributed by atoms with van der Waals surface area (Å²) in [5.74, 6) is 0. The van der Waals surface area contributed by atoms with Crippen LogP contribution in [-0.4, -0.2) is 27.8 Å². The van der Waals surface area contributed by atoms with E-state index in [-0.39, 0.29) is 6.61 Å². The van der Waals surface area contributed by atoms with Gasteiger partial charge in [0.15, 0.2) is 6.34 Å². The van der Waals surface area contributed by atoms with Crippen LogP contribution in [0.15, 0.2) is 63.3 Å². The molecule has 0 aliphatic rings. The van der Waals surface area contributed by atoms with E-state index in [0.717, 1.165) is 10.4 Å². The highest BCUT2D eigenvalue weighted by atomic mass is 16.5. The Hall–Kier alpha value is -2.87. The fourth-order valence-electron chi connectivity index (χ4n) is 1.84. The summed E-state index contributed by atoms with van der Waals surface area (Å²) in [6.45, 7) is 2.57. The van der Waals surface area contributed by atoms with Gasteiger partial charge in [0.25, 0.3) is 0 Å². The molecular weight excluding hydrogens is 296 g/mol. The molecule has 2 rings (SSSR count). The number of aliphatic hydroxyl groups is 1. The van der Waals surface area contributed by atoms with Gasteiger partial charge >= 0.3 is 0 Å². The Morgan fingerprint density at radius 1 is 1.26 bits per heavy atom. The smallest absolute Gasteiger partial charge is 0.236 e. The van der Waals surface area contributed by atoms with Crippen molar-refractivity contribution in [1.82, 2.24) is 4.57 Å². The van der Waals surface area contributed by atoms with E-state index in [0.29, 0.717) is 24.0 Å². The van der Waals surface area contributed by atoms with E-state index in [4.69, 9.17) is 5.11 Å². The van der Waals surface area contributed by atoms with Gasteiger partial charge in [-0.25, -0.2) is 0 Å². The number of aliphatic hydroxyl groups excluding tert-OH is 1. The summed E-state index contributed by atoms with van der Waals surface area (Å²) in [4.78, 5) is 0. The standard InChI is InChI=1S/C15H19N6O2/c1-2-15-11-14(5-8-21(15)23)19-17-12-16-18-13-3-6-20(7-4-13)9-10-22/h3-8,11-12,22-23H,2,9-10H2,1H3/q+1. The summed E-state index contributed by atoms with van der Waals surface area (Å²) in [6.07, 6.45) is 7.08. The van der Waals surface area contributed by atoms with Crippen LogP contribution in [0.1, 0.15) is 12.6 Å². The molecule has 8 nitrogen and oxygen atoms in total. The van der Waals surface area contributed by atoms with Crippen molar-refractivity contribution in [3.8, 4) is 0 Å². The maximum Gasteiger partial charge on any atom is 0.236 e. The number of azo groups is 1. The molecule has 0 bridgehead atoms. The van der Waals surface area contributed by atoms with Crippen LogP contribution >= 0.6 is 0 Å². The van der Waals surface area contributed by atoms with Crippen LogP contribution in [-0.2, 0) is 13.0 Å². The Balaban J connectivity index is 1.99. The highest BCUT2D eigenvalue weighted by Crippen LogP contribution is 2.11. The maximum atomic E-state index is 9.51. The Labute approximate surface area is 133 Å². The van der Waals surface area contributed by atoms with Gasteiger partial charge in [0.1, 0.15) is 0 Å². The van der Waals surface area contributed by atoms with Crippen molar-refractivity contribution >= 4 is 12.0 Å². The van der Waals surface area contributed by atoms with Gasteiger partial charge in [-0.1, -0.05) is 6.92 Å². The number of nitrogens with zero attached hydrogens (tertiary/aromatic N) is 6. The number of hydrogen-bond donors (Lipinski definition) is 2. The molecule has 8 heteroatoms. The maximum absolute atomic E-state index is 9.51. The minimum Gasteiger partial charge on any atom is -0.395 e. The second-order valence-corrected chi connectivity index (χ2v) is 4.64. The van der Waals surface area contributed by atoms with E-state index in [1.54, 1.807) is 24.3 Å². The van der Waals surface area contributed by atoms with Crippen LogP contribution in [0.2, 0.25) is 0 Å². The SMILES string of the molecule is CCc1cc(N=NC=NN=c2ccn(CCO)cc2)cc[n+]1O. The summed E-state index contributed by atoms with van der Waals surface area (Å²) >= 11 is 0. The summed E-state index contributed by atoms with van der Waals surface area (Å²) in [7, 11) is 0. The van der Waals surface area contributed by atoms with Crippen molar-refractivity contribution in [1.29, 1.82) is 0 Å². The number of pyridine rings is 2. The first-order chi connectivity index (χ1) is 11.2. The van der Waals surface area contributed by atoms with Gasteiger partial charge in [-0.05, 0) is 12.1 Å². The lowest BCUT2D eigenvalue weighted by atomic mass is 10.3. The normalized spacial score (nSPS) is 11.4. The number of hydrogen-bond acceptors (Lipinski definition) is 5. The van der Waals surface area contributed by atoms with Gasteiger partial charge in [0, 0.05) is 42.2 Å². The summed E-state index contributed by atoms with van der Waals surface area (Å²) in [6, 6.07) is 6.96. The van der Waals surface area contributed by atoms with Crippen molar-refractivity contribution in [2.45, 2.75) is 19.9 Å². The first-order valence-electron chi connectivity index (χ1n) is 7.20. The van der Waals surface area contributed by atoms with Gasteiger partial charge in [-0.3, -0.25) is 5.21 Å². The molecule has 0 fully saturated rings. The number of rotatable bonds is 6. The molecule has 2 aromatic rings. The molecule has 120 valence electrons. The van der Waals surface area contributed by atoms with Crippen molar-refractivity contribution in [3.05, 3.63) is 53.9 Å². The molecule has 2 N–H and O–H groups in total. The van der Waals surface area contributed by atoms with Gasteiger partial charge in [-0.15, -0.1) is 20.4 Å². The molecule has 0 aromatic carbocycles. The average Bonchev–Trinajstić information content (AvgIpc) is 2.57. The molecular formula is C15H19N6O2+. The second-order valence-electron chi connectivity index (χ2n) is 4.64. The zero-order valence-corrected chi connectivity index (χ0v) is 12.8. The van der Waals surface area contributed by atoms with E-state index in [9.17, 15) is 5.21 Å². The summed E-state index contributed by atoms with van der Waals surface area (Å²) in [5, 5.41) is 34.6. The average molecular weight is 315 g/mol. The molecule has 0 saturated carbocycles. The first-order valence-corrected chi connectivity index (χ1v) is 7.20. The Morgan fingerprint density at radius 3 is 2.74 bits per heavy atom. The van der Waals surface area contributed by atoms with E-state index in [2.05, 4.69) is 20.4 Å². The third-order valence-electron chi connectivity index (χ3n) is 3.04. The minimum absolute atomic E-state index is 0.0925. The molecule has 2 heterocycles. The van der Waals surface area contributed by atoms with Gasteiger partial charge < -0.3 is 9.67 Å². The molecule has 0 unspecified atom stereocenters. The summed E-state index contributed by atoms with van der Waals surface area (Å²) in [5.41, 5.74) is 1.37. The van der Waals surface area contributed by atoms with E-state index in [1.807, 2.05) is 23.9 Å². The van der Waals surface area contributed by atoms with Gasteiger partial charge in [0.2, 0.25) is 11.9 Å². The fraction of sp³-hybridized carbons (Fsp3) is 0.267. The van der Waals surface area contributed by atoms with E-state index < -0.39 is 0 Å². The molecule has 0 saturated heterocycles. The molecule has 0 amide bonds. The first kappa shape index (κ1) is 16.5. The molecule has 0 aliphatic heterocycles. The fourth-order valence-corrected chi connectivity index (χ4v) is 1.84. The highest BCUT2D eigenvalue weighted by molar-refractivity contribution is 5.54. The lowest BCUT2D eigenvalue weighted by Crippen LogP contribution is -2.33. The van der Waals surface area contributed by atoms with Gasteiger partial charge in [-0.2, -0.15) is 0 Å². The van der Waals surface area contributed by atoms with Crippen molar-refractivity contribution in [2.24, 2.45) is 20.4 Å². The number of aromatic nitrogens is 2. The van der Waals surface area contributed by atoms with Crippen LogP contribution in [0.25, 0.3) is 0 Å². The number of aryl methyl sites for hydroxylation is 1. The monoisotopic (exact) mass is 315 g/mol. The molecule has 0 radical (unpaired) electrons. The minimum atomic E-state index is 0.0925. The third-order valence-corrected chi connectivity index (χ3v) is 3.04. The predicted octanol–water partition coefficient (Wildman–Crippen LogP) is 1.20. The zero-order chi connectivity index (χ0) is 16.5. The zero-order valence-electron chi connectivity index (χ0n) is 12.8. The Bertz CT molecular complexity index is 746. The highest BCUT2D eigenvalue weighted by Gasteiger charge is 2.07. The van der Waals surface area contributed by atoms with Gasteiger partial charge in [0.05, 0.1) is 17.7 Å². The van der Waals surface area contributed by atoms with Crippen molar-refractivity contribution in [2.75, 3.05) is 6.61 Å². The second kappa shape index (κ2) is 8.54. The van der Waals surface area contributed by atoms with Crippen molar-refractivity contribution < 1.29 is 15.0 Å². The van der Waals surface area contributed by atoms with Crippen LogP contribution in [0.4, 0.5) is 5.69 Å². The van der Waals surface area contributed by atoms with Crippen molar-refractivity contribution in [3.63, 3.8) is 0 Å². The molecule has 0 aliphatic carbocycles. The Morgan fingerprint density at radius 2 is 2.04 bits per heavy atom. The van der Waals surface area contributed by atoms with Crippen LogP contribution in [0, 0.1) is 0 Å². The lowest BCUT2D eigenvalue weighted by molar-refractivity contribution is -0.909. The molecule has 2 aromatic heterocycles. The predicted molar refractivity (Wildman–Crippen MR) is 83.3 cm³/mol. The topological polar surface area (TPSA) is 98.7 Å². The van der Waals surface area contributed by atoms with Crippen LogP contribution < -0.4 is 10.1 Å². The van der Waals surface area contributed by atoms with Crippen LogP contribution in [0.5, 0.6) is 0 Å².